The van der Waals surface area contributed by atoms with Gasteiger partial charge in [0.2, 0.25) is 5.95 Å². The van der Waals surface area contributed by atoms with Crippen LogP contribution in [0.25, 0.3) is 11.3 Å². The molecule has 0 radical (unpaired) electrons. The molecule has 12 heteroatoms. The van der Waals surface area contributed by atoms with Gasteiger partial charge < -0.3 is 20.8 Å². The third-order valence-electron chi connectivity index (χ3n) is 7.89. The molecule has 11 nitrogen and oxygen atoms in total. The van der Waals surface area contributed by atoms with Gasteiger partial charge in [-0.15, -0.1) is 0 Å². The molecule has 1 aliphatic rings. The van der Waals surface area contributed by atoms with Crippen molar-refractivity contribution in [3.05, 3.63) is 96.2 Å². The Bertz CT molecular complexity index is 1770. The van der Waals surface area contributed by atoms with Crippen LogP contribution in [0.2, 0.25) is 0 Å². The number of likely N-dealkylation sites (tertiary alicyclic amines) is 1. The van der Waals surface area contributed by atoms with Crippen LogP contribution in [0.15, 0.2) is 90.0 Å². The van der Waals surface area contributed by atoms with Gasteiger partial charge in [0.1, 0.15) is 11.2 Å². The van der Waals surface area contributed by atoms with E-state index < -0.39 is 15.2 Å². The number of piperidine rings is 1. The van der Waals surface area contributed by atoms with E-state index >= 15 is 0 Å². The van der Waals surface area contributed by atoms with E-state index in [4.69, 9.17) is 15.5 Å². The van der Waals surface area contributed by atoms with Crippen LogP contribution in [0, 0.1) is 5.92 Å². The molecule has 240 valence electrons. The molecule has 1 saturated heterocycles. The van der Waals surface area contributed by atoms with Crippen molar-refractivity contribution in [1.82, 2.24) is 14.9 Å². The first-order valence-electron chi connectivity index (χ1n) is 15.1. The maximum atomic E-state index is 13.1. The maximum Gasteiger partial charge on any atom is 0.253 e. The van der Waals surface area contributed by atoms with Gasteiger partial charge in [-0.2, -0.15) is 4.89 Å². The molecule has 0 bridgehead atoms. The Hall–Kier alpha value is -4.65. The van der Waals surface area contributed by atoms with E-state index in [-0.39, 0.29) is 34.7 Å². The number of rotatable bonds is 12. The maximum absolute atomic E-state index is 13.1. The Morgan fingerprint density at radius 3 is 2.41 bits per heavy atom. The topological polar surface area (TPSA) is 154 Å². The Morgan fingerprint density at radius 2 is 1.74 bits per heavy atom. The number of amides is 1. The highest BCUT2D eigenvalue weighted by Crippen LogP contribution is 2.25. The third-order valence-corrected chi connectivity index (χ3v) is 9.77. The number of nitrogens with two attached hydrogens (primary N) is 1. The average Bonchev–Trinajstić information content (AvgIpc) is 3.08. The number of ketones is 1. The van der Waals surface area contributed by atoms with E-state index in [0.29, 0.717) is 49.7 Å². The fraction of sp³-hybridized carbons (Fsp3) is 0.294. The molecule has 1 fully saturated rings. The van der Waals surface area contributed by atoms with E-state index in [1.54, 1.807) is 67.4 Å². The number of anilines is 2. The third kappa shape index (κ3) is 7.94. The fourth-order valence-corrected chi connectivity index (χ4v) is 6.55. The number of aromatic nitrogens is 2. The molecule has 4 aromatic rings. The minimum atomic E-state index is -3.82. The lowest BCUT2D eigenvalue weighted by molar-refractivity contribution is -0.202. The van der Waals surface area contributed by atoms with Gasteiger partial charge in [-0.1, -0.05) is 30.3 Å². The Labute approximate surface area is 268 Å². The second kappa shape index (κ2) is 14.6. The lowest BCUT2D eigenvalue weighted by Gasteiger charge is -2.31. The molecular weight excluding hydrogens is 606 g/mol. The largest absolute Gasteiger partial charge is 0.339 e. The molecule has 1 unspecified atom stereocenters. The van der Waals surface area contributed by atoms with E-state index in [1.165, 1.54) is 12.1 Å². The number of benzene rings is 3. The first-order chi connectivity index (χ1) is 22.1. The van der Waals surface area contributed by atoms with Gasteiger partial charge >= 0.3 is 0 Å². The Balaban J connectivity index is 1.19. The second-order valence-corrected chi connectivity index (χ2v) is 13.3. The summed E-state index contributed by atoms with van der Waals surface area (Å²) in [5.41, 5.74) is 9.72. The summed E-state index contributed by atoms with van der Waals surface area (Å²) in [6.07, 6.45) is 3.17. The summed E-state index contributed by atoms with van der Waals surface area (Å²) in [5.74, 6) is 0.851. The number of nitrogens with one attached hydrogen (secondary N) is 1. The summed E-state index contributed by atoms with van der Waals surface area (Å²) < 4.78 is 26.2. The van der Waals surface area contributed by atoms with Gasteiger partial charge in [0.25, 0.3) is 5.91 Å². The highest BCUT2D eigenvalue weighted by molar-refractivity contribution is 7.92. The van der Waals surface area contributed by atoms with E-state index in [2.05, 4.69) is 15.3 Å². The molecule has 0 saturated carbocycles. The first-order valence-corrected chi connectivity index (χ1v) is 16.7. The van der Waals surface area contributed by atoms with Gasteiger partial charge in [-0.3, -0.25) is 9.59 Å². The zero-order chi connectivity index (χ0) is 32.7. The molecule has 1 atom stereocenters. The molecule has 3 aromatic carbocycles. The number of sulfone groups is 1. The molecule has 1 aliphatic heterocycles. The van der Waals surface area contributed by atoms with Crippen LogP contribution in [0.5, 0.6) is 5.75 Å². The molecular formula is C34H37N5O6S. The Kier molecular flexibility index (Phi) is 10.4. The smallest absolute Gasteiger partial charge is 0.253 e. The van der Waals surface area contributed by atoms with Crippen LogP contribution in [-0.4, -0.2) is 60.0 Å². The standard InChI is InChI=1S/C34H37N5O6S/c1-3-44-45-29-5-4-6-30(22-29)46(42,43)32(35)21-24-7-9-26(10-8-24)31-15-18-36-34(38-31)37-28-13-11-27(12-14-28)33(41)39-19-16-25(17-20-39)23(2)40/h4-15,18,22,25,32H,3,16-17,19-21,35H2,1-2H3,(H,36,37,38). The average molecular weight is 644 g/mol. The highest BCUT2D eigenvalue weighted by Gasteiger charge is 2.26. The monoisotopic (exact) mass is 643 g/mol. The number of hydrogen-bond acceptors (Lipinski definition) is 10. The van der Waals surface area contributed by atoms with E-state index in [9.17, 15) is 18.0 Å². The fourth-order valence-electron chi connectivity index (χ4n) is 5.24. The minimum Gasteiger partial charge on any atom is -0.339 e. The normalized spacial score (nSPS) is 14.5. The van der Waals surface area contributed by atoms with Crippen LogP contribution in [0.4, 0.5) is 11.6 Å². The number of hydrogen-bond donors (Lipinski definition) is 2. The number of nitrogens with zero attached hydrogens (tertiary/aromatic N) is 3. The van der Waals surface area contributed by atoms with Crippen LogP contribution < -0.4 is 15.9 Å². The van der Waals surface area contributed by atoms with Crippen molar-refractivity contribution in [2.45, 2.75) is 43.4 Å². The van der Waals surface area contributed by atoms with Gasteiger partial charge in [0.05, 0.1) is 17.2 Å². The molecule has 1 amide bonds. The zero-order valence-electron chi connectivity index (χ0n) is 25.8. The van der Waals surface area contributed by atoms with Crippen LogP contribution in [-0.2, 0) is 25.9 Å². The highest BCUT2D eigenvalue weighted by atomic mass is 32.2. The summed E-state index contributed by atoms with van der Waals surface area (Å²) in [4.78, 5) is 45.4. The quantitative estimate of drug-likeness (QED) is 0.160. The molecule has 46 heavy (non-hydrogen) atoms. The SMILES string of the molecule is CCOOc1cccc(S(=O)(=O)C(N)Cc2ccc(-c3ccnc(Nc4ccc(C(=O)N5CCC(C(C)=O)CC5)cc4)n3)cc2)c1. The summed E-state index contributed by atoms with van der Waals surface area (Å²) in [6, 6.07) is 22.3. The van der Waals surface area contributed by atoms with Gasteiger partial charge in [-0.05, 0) is 74.7 Å². The van der Waals surface area contributed by atoms with Crippen LogP contribution in [0.1, 0.15) is 42.6 Å². The summed E-state index contributed by atoms with van der Waals surface area (Å²) in [5, 5.41) is 2.02. The van der Waals surface area contributed by atoms with Gasteiger partial charge in [0, 0.05) is 54.5 Å². The number of carbonyl (C=O) groups excluding carboxylic acids is 2. The van der Waals surface area contributed by atoms with Gasteiger partial charge in [-0.25, -0.2) is 18.4 Å². The summed E-state index contributed by atoms with van der Waals surface area (Å²) in [7, 11) is -3.82. The minimum absolute atomic E-state index is 0.0444. The lowest BCUT2D eigenvalue weighted by atomic mass is 9.93. The number of Topliss-reactive ketones (excluding diaryl/α,β-unsaturated/α-hetero) is 1. The summed E-state index contributed by atoms with van der Waals surface area (Å²) in [6.45, 7) is 4.85. The van der Waals surface area contributed by atoms with Crippen molar-refractivity contribution in [3.8, 4) is 17.0 Å². The predicted molar refractivity (Wildman–Crippen MR) is 174 cm³/mol. The van der Waals surface area contributed by atoms with Crippen molar-refractivity contribution < 1.29 is 27.8 Å². The predicted octanol–water partition coefficient (Wildman–Crippen LogP) is 4.96. The molecule has 5 rings (SSSR count). The van der Waals surface area contributed by atoms with Gasteiger partial charge in [0.15, 0.2) is 15.6 Å². The van der Waals surface area contributed by atoms with Crippen LogP contribution in [0.3, 0.4) is 0 Å². The van der Waals surface area contributed by atoms with E-state index in [0.717, 1.165) is 16.8 Å². The summed E-state index contributed by atoms with van der Waals surface area (Å²) >= 11 is 0. The molecule has 2 heterocycles. The number of carbonyl (C=O) groups is 2. The van der Waals surface area contributed by atoms with Crippen molar-refractivity contribution in [3.63, 3.8) is 0 Å². The van der Waals surface area contributed by atoms with Crippen molar-refractivity contribution >= 4 is 33.2 Å². The van der Waals surface area contributed by atoms with E-state index in [1.807, 2.05) is 24.3 Å². The molecule has 0 aliphatic carbocycles. The second-order valence-electron chi connectivity index (χ2n) is 11.1. The van der Waals surface area contributed by atoms with Crippen molar-refractivity contribution in [1.29, 1.82) is 0 Å². The van der Waals surface area contributed by atoms with Crippen LogP contribution >= 0.6 is 0 Å². The molecule has 1 aromatic heterocycles. The lowest BCUT2D eigenvalue weighted by Crippen LogP contribution is -2.39. The zero-order valence-corrected chi connectivity index (χ0v) is 26.6. The first kappa shape index (κ1) is 32.7. The van der Waals surface area contributed by atoms with Crippen molar-refractivity contribution in [2.24, 2.45) is 11.7 Å². The molecule has 0 spiro atoms. The Morgan fingerprint density at radius 1 is 1.02 bits per heavy atom. The molecule has 3 N–H and O–H groups in total. The van der Waals surface area contributed by atoms with Crippen molar-refractivity contribution in [2.75, 3.05) is 25.0 Å².